The molecule has 0 fully saturated rings. The molecule has 3 nitrogen and oxygen atoms in total. The van der Waals surface area contributed by atoms with Gasteiger partial charge in [0.2, 0.25) is 0 Å². The summed E-state index contributed by atoms with van der Waals surface area (Å²) in [4.78, 5) is 0. The fourth-order valence-electron chi connectivity index (χ4n) is 1.13. The summed E-state index contributed by atoms with van der Waals surface area (Å²) < 4.78 is 16.7. The summed E-state index contributed by atoms with van der Waals surface area (Å²) in [7, 11) is -0.809. The number of hydrogen-bond acceptors (Lipinski definition) is 3. The molecule has 1 heterocycles. The van der Waals surface area contributed by atoms with Gasteiger partial charge in [-0.25, -0.2) is 0 Å². The van der Waals surface area contributed by atoms with Gasteiger partial charge in [-0.05, 0) is 44.5 Å². The number of nitrogens with one attached hydrogen (secondary N) is 1. The van der Waals surface area contributed by atoms with E-state index in [1.165, 1.54) is 0 Å². The molecule has 0 aliphatic carbocycles. The van der Waals surface area contributed by atoms with Crippen LogP contribution in [0.25, 0.3) is 0 Å². The second-order valence-corrected chi connectivity index (χ2v) is 7.24. The Morgan fingerprint density at radius 1 is 1.44 bits per heavy atom. The van der Waals surface area contributed by atoms with Gasteiger partial charge in [0, 0.05) is 27.8 Å². The molecule has 0 saturated heterocycles. The second kappa shape index (κ2) is 5.84. The van der Waals surface area contributed by atoms with Crippen LogP contribution in [0.2, 0.25) is 5.22 Å². The van der Waals surface area contributed by atoms with Crippen LogP contribution in [0.15, 0.2) is 16.5 Å². The Morgan fingerprint density at radius 2 is 2.12 bits per heavy atom. The zero-order valence-corrected chi connectivity index (χ0v) is 11.5. The molecule has 1 atom stereocenters. The lowest BCUT2D eigenvalue weighted by atomic mass is 10.3. The normalized spacial score (nSPS) is 14.0. The summed E-state index contributed by atoms with van der Waals surface area (Å²) in [5.74, 6) is 1.45. The largest absolute Gasteiger partial charge is 0.448 e. The molecule has 1 aromatic heterocycles. The van der Waals surface area contributed by atoms with Crippen molar-refractivity contribution in [2.75, 3.05) is 12.3 Å². The fourth-order valence-corrected chi connectivity index (χ4v) is 2.23. The van der Waals surface area contributed by atoms with Crippen molar-refractivity contribution in [3.05, 3.63) is 23.1 Å². The van der Waals surface area contributed by atoms with Gasteiger partial charge in [0.15, 0.2) is 5.22 Å². The van der Waals surface area contributed by atoms with E-state index in [1.54, 1.807) is 6.07 Å². The molecular weight excluding hydrogens is 246 g/mol. The summed E-state index contributed by atoms with van der Waals surface area (Å²) in [6, 6.07) is 3.54. The topological polar surface area (TPSA) is 42.2 Å². The van der Waals surface area contributed by atoms with Gasteiger partial charge in [-0.2, -0.15) is 0 Å². The number of furan rings is 1. The molecule has 0 aliphatic rings. The van der Waals surface area contributed by atoms with Crippen molar-refractivity contribution in [2.24, 2.45) is 0 Å². The fraction of sp³-hybridized carbons (Fsp3) is 0.636. The van der Waals surface area contributed by atoms with Crippen LogP contribution >= 0.6 is 11.6 Å². The van der Waals surface area contributed by atoms with Gasteiger partial charge in [-0.15, -0.1) is 0 Å². The van der Waals surface area contributed by atoms with Crippen LogP contribution in [-0.2, 0) is 17.3 Å². The smallest absolute Gasteiger partial charge is 0.193 e. The molecule has 0 bridgehead atoms. The van der Waals surface area contributed by atoms with Crippen molar-refractivity contribution in [2.45, 2.75) is 32.1 Å². The molecule has 0 aromatic carbocycles. The lowest BCUT2D eigenvalue weighted by molar-refractivity contribution is 0.489. The van der Waals surface area contributed by atoms with Crippen LogP contribution < -0.4 is 5.32 Å². The monoisotopic (exact) mass is 263 g/mol. The SMILES string of the molecule is CC(C)(C)S(=O)CCNCc1ccc(Cl)o1. The van der Waals surface area contributed by atoms with E-state index in [0.717, 1.165) is 5.76 Å². The van der Waals surface area contributed by atoms with Crippen LogP contribution in [0.3, 0.4) is 0 Å². The van der Waals surface area contributed by atoms with Crippen LogP contribution in [0.4, 0.5) is 0 Å². The van der Waals surface area contributed by atoms with Crippen molar-refractivity contribution >= 4 is 22.4 Å². The van der Waals surface area contributed by atoms with Crippen LogP contribution in [0.5, 0.6) is 0 Å². The van der Waals surface area contributed by atoms with Gasteiger partial charge in [0.05, 0.1) is 6.54 Å². The van der Waals surface area contributed by atoms with Crippen LogP contribution in [0, 0.1) is 0 Å². The third-order valence-corrected chi connectivity index (χ3v) is 4.22. The summed E-state index contributed by atoms with van der Waals surface area (Å²) in [5.41, 5.74) is 0. The lowest BCUT2D eigenvalue weighted by Crippen LogP contribution is -2.29. The number of hydrogen-bond donors (Lipinski definition) is 1. The Balaban J connectivity index is 2.20. The molecule has 1 N–H and O–H groups in total. The first-order valence-corrected chi connectivity index (χ1v) is 6.92. The first-order valence-electron chi connectivity index (χ1n) is 5.23. The van der Waals surface area contributed by atoms with Crippen molar-refractivity contribution in [1.29, 1.82) is 0 Å². The number of rotatable bonds is 5. The van der Waals surface area contributed by atoms with Crippen molar-refractivity contribution < 1.29 is 8.63 Å². The standard InChI is InChI=1S/C11H18ClNO2S/c1-11(2,3)16(14)7-6-13-8-9-4-5-10(12)15-9/h4-5,13H,6-8H2,1-3H3. The summed E-state index contributed by atoms with van der Waals surface area (Å²) >= 11 is 5.64. The lowest BCUT2D eigenvalue weighted by Gasteiger charge is -2.17. The predicted molar refractivity (Wildman–Crippen MR) is 68.2 cm³/mol. The third kappa shape index (κ3) is 4.68. The van der Waals surface area contributed by atoms with Gasteiger partial charge in [0.1, 0.15) is 5.76 Å². The van der Waals surface area contributed by atoms with E-state index in [9.17, 15) is 4.21 Å². The highest BCUT2D eigenvalue weighted by Crippen LogP contribution is 2.13. The van der Waals surface area contributed by atoms with Crippen molar-refractivity contribution in [3.63, 3.8) is 0 Å². The molecule has 1 unspecified atom stereocenters. The molecule has 16 heavy (non-hydrogen) atoms. The van der Waals surface area contributed by atoms with Crippen LogP contribution in [-0.4, -0.2) is 21.3 Å². The van der Waals surface area contributed by atoms with E-state index in [-0.39, 0.29) is 4.75 Å². The second-order valence-electron chi connectivity index (χ2n) is 4.54. The molecule has 1 rings (SSSR count). The molecule has 0 radical (unpaired) electrons. The van der Waals surface area contributed by atoms with Crippen LogP contribution in [0.1, 0.15) is 26.5 Å². The maximum Gasteiger partial charge on any atom is 0.193 e. The highest BCUT2D eigenvalue weighted by molar-refractivity contribution is 7.86. The maximum atomic E-state index is 11.7. The predicted octanol–water partition coefficient (Wildman–Crippen LogP) is 2.57. The van der Waals surface area contributed by atoms with Gasteiger partial charge in [-0.1, -0.05) is 0 Å². The molecule has 5 heteroatoms. The van der Waals surface area contributed by atoms with Gasteiger partial charge in [-0.3, -0.25) is 4.21 Å². The van der Waals surface area contributed by atoms with E-state index in [4.69, 9.17) is 16.0 Å². The van der Waals surface area contributed by atoms with E-state index >= 15 is 0 Å². The summed E-state index contributed by atoms with van der Waals surface area (Å²) in [6.45, 7) is 7.27. The Labute approximate surface area is 104 Å². The molecule has 0 saturated carbocycles. The van der Waals surface area contributed by atoms with Crippen molar-refractivity contribution in [3.8, 4) is 0 Å². The maximum absolute atomic E-state index is 11.7. The molecule has 0 spiro atoms. The first kappa shape index (κ1) is 13.7. The Morgan fingerprint density at radius 3 is 2.62 bits per heavy atom. The summed E-state index contributed by atoms with van der Waals surface area (Å²) in [6.07, 6.45) is 0. The van der Waals surface area contributed by atoms with E-state index in [2.05, 4.69) is 5.32 Å². The van der Waals surface area contributed by atoms with Crippen molar-refractivity contribution in [1.82, 2.24) is 5.32 Å². The third-order valence-electron chi connectivity index (χ3n) is 2.08. The zero-order chi connectivity index (χ0) is 12.2. The first-order chi connectivity index (χ1) is 7.39. The molecular formula is C11H18ClNO2S. The van der Waals surface area contributed by atoms with E-state index in [0.29, 0.717) is 24.1 Å². The molecule has 0 amide bonds. The zero-order valence-electron chi connectivity index (χ0n) is 9.88. The Hall–Kier alpha value is -0.320. The molecule has 1 aromatic rings. The molecule has 0 aliphatic heterocycles. The Kier molecular flexibility index (Phi) is 5.02. The van der Waals surface area contributed by atoms with Gasteiger partial charge in [0.25, 0.3) is 0 Å². The highest BCUT2D eigenvalue weighted by atomic mass is 35.5. The number of halogens is 1. The quantitative estimate of drug-likeness (QED) is 0.831. The van der Waals surface area contributed by atoms with E-state index in [1.807, 2.05) is 26.8 Å². The minimum absolute atomic E-state index is 0.143. The van der Waals surface area contributed by atoms with Gasteiger partial charge >= 0.3 is 0 Å². The minimum Gasteiger partial charge on any atom is -0.448 e. The Bertz CT molecular complexity index is 357. The summed E-state index contributed by atoms with van der Waals surface area (Å²) in [5, 5.41) is 3.57. The average molecular weight is 264 g/mol. The molecule has 92 valence electrons. The minimum atomic E-state index is -0.809. The van der Waals surface area contributed by atoms with E-state index < -0.39 is 10.8 Å². The van der Waals surface area contributed by atoms with Gasteiger partial charge < -0.3 is 9.73 Å². The average Bonchev–Trinajstić information content (AvgIpc) is 2.57. The highest BCUT2D eigenvalue weighted by Gasteiger charge is 2.18.